The van der Waals surface area contributed by atoms with Gasteiger partial charge in [-0.1, -0.05) is 0 Å². The average Bonchev–Trinajstić information content (AvgIpc) is 2.96. The number of carbonyl (C=O) groups is 1. The van der Waals surface area contributed by atoms with E-state index in [9.17, 15) is 4.79 Å². The van der Waals surface area contributed by atoms with Crippen LogP contribution >= 0.6 is 11.3 Å². The minimum atomic E-state index is -0.923. The molecule has 20 heavy (non-hydrogen) atoms. The van der Waals surface area contributed by atoms with Gasteiger partial charge < -0.3 is 5.11 Å². The number of carboxylic acid groups (broad SMARTS) is 1. The summed E-state index contributed by atoms with van der Waals surface area (Å²) in [5.41, 5.74) is 1.18. The van der Waals surface area contributed by atoms with Crippen molar-refractivity contribution < 1.29 is 9.90 Å². The molecule has 2 aromatic rings. The van der Waals surface area contributed by atoms with Gasteiger partial charge in [-0.2, -0.15) is 5.10 Å². The molecule has 0 aromatic carbocycles. The summed E-state index contributed by atoms with van der Waals surface area (Å²) in [6.45, 7) is 1.67. The normalized spacial score (nSPS) is 11.6. The lowest BCUT2D eigenvalue weighted by Gasteiger charge is -2.13. The third-order valence-electron chi connectivity index (χ3n) is 2.71. The fourth-order valence-electron chi connectivity index (χ4n) is 1.91. The van der Waals surface area contributed by atoms with Crippen LogP contribution in [0.4, 0.5) is 0 Å². The molecular weight excluding hydrogens is 274 g/mol. The lowest BCUT2D eigenvalue weighted by atomic mass is 10.3. The number of rotatable bonds is 6. The van der Waals surface area contributed by atoms with Crippen molar-refractivity contribution in [3.8, 4) is 0 Å². The topological polar surface area (TPSA) is 58.4 Å². The van der Waals surface area contributed by atoms with Crippen molar-refractivity contribution in [3.05, 3.63) is 45.9 Å². The summed E-state index contributed by atoms with van der Waals surface area (Å²) < 4.78 is 1.79. The lowest BCUT2D eigenvalue weighted by molar-refractivity contribution is -0.131. The van der Waals surface area contributed by atoms with E-state index in [1.807, 2.05) is 31.6 Å². The van der Waals surface area contributed by atoms with Gasteiger partial charge in [-0.3, -0.25) is 9.58 Å². The Kier molecular flexibility index (Phi) is 4.70. The van der Waals surface area contributed by atoms with Gasteiger partial charge in [0.25, 0.3) is 0 Å². The second-order valence-corrected chi connectivity index (χ2v) is 5.87. The molecule has 2 rings (SSSR count). The van der Waals surface area contributed by atoms with Crippen LogP contribution in [0.2, 0.25) is 0 Å². The number of aryl methyl sites for hydroxylation is 1. The molecule has 0 spiro atoms. The molecule has 0 fully saturated rings. The van der Waals surface area contributed by atoms with Crippen molar-refractivity contribution in [1.82, 2.24) is 14.7 Å². The summed E-state index contributed by atoms with van der Waals surface area (Å²) in [5.74, 6) is -0.923. The molecule has 1 N–H and O–H groups in total. The van der Waals surface area contributed by atoms with Gasteiger partial charge in [0.1, 0.15) is 0 Å². The van der Waals surface area contributed by atoms with Crippen molar-refractivity contribution in [2.24, 2.45) is 7.05 Å². The molecule has 0 aliphatic rings. The predicted octanol–water partition coefficient (Wildman–Crippen LogP) is 2.21. The van der Waals surface area contributed by atoms with Crippen LogP contribution < -0.4 is 0 Å². The second kappa shape index (κ2) is 6.49. The number of aliphatic carboxylic acids is 1. The first-order chi connectivity index (χ1) is 9.52. The van der Waals surface area contributed by atoms with E-state index in [4.69, 9.17) is 5.11 Å². The van der Waals surface area contributed by atoms with Crippen LogP contribution in [-0.2, 0) is 24.9 Å². The summed E-state index contributed by atoms with van der Waals surface area (Å²) in [6, 6.07) is 3.98. The smallest absolute Gasteiger partial charge is 0.328 e. The zero-order valence-corrected chi connectivity index (χ0v) is 12.3. The molecule has 0 aliphatic heterocycles. The van der Waals surface area contributed by atoms with E-state index in [-0.39, 0.29) is 0 Å². The summed E-state index contributed by atoms with van der Waals surface area (Å²) in [7, 11) is 3.96. The number of hydrogen-bond donors (Lipinski definition) is 1. The Hall–Kier alpha value is -1.92. The summed E-state index contributed by atoms with van der Waals surface area (Å²) in [4.78, 5) is 14.8. The van der Waals surface area contributed by atoms with Gasteiger partial charge in [-0.05, 0) is 25.3 Å². The average molecular weight is 291 g/mol. The first-order valence-electron chi connectivity index (χ1n) is 6.19. The molecule has 0 unspecified atom stereocenters. The highest BCUT2D eigenvalue weighted by atomic mass is 32.1. The molecule has 0 amide bonds. The van der Waals surface area contributed by atoms with Crippen molar-refractivity contribution in [1.29, 1.82) is 0 Å². The molecule has 0 radical (unpaired) electrons. The Labute approximate surface area is 121 Å². The summed E-state index contributed by atoms with van der Waals surface area (Å²) in [5, 5.41) is 12.7. The molecule has 0 aliphatic carbocycles. The van der Waals surface area contributed by atoms with Crippen LogP contribution in [0.15, 0.2) is 30.6 Å². The zero-order valence-electron chi connectivity index (χ0n) is 11.5. The maximum atomic E-state index is 10.5. The van der Waals surface area contributed by atoms with E-state index in [0.29, 0.717) is 0 Å². The van der Waals surface area contributed by atoms with Crippen LogP contribution in [0.5, 0.6) is 0 Å². The van der Waals surface area contributed by atoms with Crippen molar-refractivity contribution in [2.75, 3.05) is 7.05 Å². The number of thiophene rings is 1. The first-order valence-corrected chi connectivity index (χ1v) is 7.00. The van der Waals surface area contributed by atoms with Gasteiger partial charge in [0.2, 0.25) is 0 Å². The fraction of sp³-hybridized carbons (Fsp3) is 0.286. The van der Waals surface area contributed by atoms with Crippen LogP contribution in [0.1, 0.15) is 15.3 Å². The Morgan fingerprint density at radius 3 is 2.95 bits per heavy atom. The Balaban J connectivity index is 1.91. The Bertz CT molecular complexity index is 615. The molecule has 6 heteroatoms. The number of nitrogens with zero attached hydrogens (tertiary/aromatic N) is 3. The highest BCUT2D eigenvalue weighted by Gasteiger charge is 2.05. The lowest BCUT2D eigenvalue weighted by Crippen LogP contribution is -2.16. The van der Waals surface area contributed by atoms with Crippen molar-refractivity contribution >= 4 is 23.4 Å². The van der Waals surface area contributed by atoms with Crippen LogP contribution in [0.3, 0.4) is 0 Å². The predicted molar refractivity (Wildman–Crippen MR) is 79.4 cm³/mol. The van der Waals surface area contributed by atoms with Crippen LogP contribution in [0, 0.1) is 0 Å². The van der Waals surface area contributed by atoms with E-state index < -0.39 is 5.97 Å². The zero-order chi connectivity index (χ0) is 14.5. The fourth-order valence-corrected chi connectivity index (χ4v) is 2.91. The Morgan fingerprint density at radius 2 is 2.30 bits per heavy atom. The third-order valence-corrected chi connectivity index (χ3v) is 3.74. The number of carboxylic acids is 1. The molecule has 2 aromatic heterocycles. The Morgan fingerprint density at radius 1 is 1.50 bits per heavy atom. The highest BCUT2D eigenvalue weighted by molar-refractivity contribution is 7.12. The highest BCUT2D eigenvalue weighted by Crippen LogP contribution is 2.19. The molecule has 106 valence electrons. The SMILES string of the molecule is CN(Cc1cnn(C)c1)Cc1ccc(C=CC(=O)O)s1. The van der Waals surface area contributed by atoms with Gasteiger partial charge in [0.05, 0.1) is 6.20 Å². The van der Waals surface area contributed by atoms with Crippen molar-refractivity contribution in [3.63, 3.8) is 0 Å². The standard InChI is InChI=1S/C14H17N3O2S/c1-16(8-11-7-15-17(2)9-11)10-13-4-3-12(20-13)5-6-14(18)19/h3-7,9H,8,10H2,1-2H3,(H,18,19). The minimum Gasteiger partial charge on any atom is -0.478 e. The van der Waals surface area contributed by atoms with Gasteiger partial charge >= 0.3 is 5.97 Å². The summed E-state index contributed by atoms with van der Waals surface area (Å²) in [6.07, 6.45) is 6.66. The van der Waals surface area contributed by atoms with Crippen LogP contribution in [0.25, 0.3) is 6.08 Å². The molecular formula is C14H17N3O2S. The quantitative estimate of drug-likeness (QED) is 0.829. The van der Waals surface area contributed by atoms with Gasteiger partial charge in [-0.15, -0.1) is 11.3 Å². The number of hydrogen-bond acceptors (Lipinski definition) is 4. The third kappa shape index (κ3) is 4.32. The van der Waals surface area contributed by atoms with E-state index in [1.165, 1.54) is 10.4 Å². The largest absolute Gasteiger partial charge is 0.478 e. The van der Waals surface area contributed by atoms with Crippen LogP contribution in [-0.4, -0.2) is 32.8 Å². The van der Waals surface area contributed by atoms with E-state index in [0.717, 1.165) is 24.0 Å². The van der Waals surface area contributed by atoms with E-state index in [2.05, 4.69) is 17.0 Å². The second-order valence-electron chi connectivity index (χ2n) is 4.67. The first kappa shape index (κ1) is 14.5. The van der Waals surface area contributed by atoms with Gasteiger partial charge in [-0.25, -0.2) is 4.79 Å². The van der Waals surface area contributed by atoms with Gasteiger partial charge in [0, 0.05) is 47.7 Å². The van der Waals surface area contributed by atoms with Gasteiger partial charge in [0.15, 0.2) is 0 Å². The van der Waals surface area contributed by atoms with E-state index in [1.54, 1.807) is 22.1 Å². The van der Waals surface area contributed by atoms with E-state index >= 15 is 0 Å². The monoisotopic (exact) mass is 291 g/mol. The summed E-state index contributed by atoms with van der Waals surface area (Å²) >= 11 is 1.61. The molecule has 5 nitrogen and oxygen atoms in total. The maximum Gasteiger partial charge on any atom is 0.328 e. The molecule has 2 heterocycles. The maximum absolute atomic E-state index is 10.5. The minimum absolute atomic E-state index is 0.834. The number of aromatic nitrogens is 2. The molecule has 0 bridgehead atoms. The molecule has 0 saturated heterocycles. The van der Waals surface area contributed by atoms with Crippen molar-refractivity contribution in [2.45, 2.75) is 13.1 Å². The molecule has 0 atom stereocenters. The molecule has 0 saturated carbocycles.